The van der Waals surface area contributed by atoms with Crippen LogP contribution in [0.15, 0.2) is 36.4 Å². The number of aryl methyl sites for hydroxylation is 1. The van der Waals surface area contributed by atoms with Crippen molar-refractivity contribution in [2.45, 2.75) is 26.3 Å². The fraction of sp³-hybridized carbons (Fsp3) is 0.312. The van der Waals surface area contributed by atoms with Crippen LogP contribution in [0.3, 0.4) is 0 Å². The van der Waals surface area contributed by atoms with Gasteiger partial charge in [0.05, 0.1) is 6.04 Å². The molecule has 0 fully saturated rings. The summed E-state index contributed by atoms with van der Waals surface area (Å²) in [5.41, 5.74) is 6.05. The van der Waals surface area contributed by atoms with Gasteiger partial charge in [0, 0.05) is 15.4 Å². The molecule has 0 radical (unpaired) electrons. The summed E-state index contributed by atoms with van der Waals surface area (Å²) in [4.78, 5) is 13.4. The van der Waals surface area contributed by atoms with Crippen molar-refractivity contribution in [3.63, 3.8) is 0 Å². The smallest absolute Gasteiger partial charge is 0.255 e. The maximum Gasteiger partial charge on any atom is 0.255 e. The zero-order valence-electron chi connectivity index (χ0n) is 12.3. The van der Waals surface area contributed by atoms with E-state index in [-0.39, 0.29) is 12.6 Å². The zero-order chi connectivity index (χ0) is 15.2. The van der Waals surface area contributed by atoms with Gasteiger partial charge in [-0.1, -0.05) is 6.92 Å². The summed E-state index contributed by atoms with van der Waals surface area (Å²) >= 11 is 1.84. The van der Waals surface area contributed by atoms with E-state index in [4.69, 9.17) is 10.5 Å². The second-order valence-electron chi connectivity index (χ2n) is 4.80. The third-order valence-corrected chi connectivity index (χ3v) is 4.49. The molecule has 0 saturated carbocycles. The Morgan fingerprint density at radius 3 is 2.57 bits per heavy atom. The average Bonchev–Trinajstić information content (AvgIpc) is 2.95. The maximum absolute atomic E-state index is 10.7. The molecule has 1 amide bonds. The van der Waals surface area contributed by atoms with Crippen molar-refractivity contribution in [2.24, 2.45) is 5.73 Å². The molecule has 0 spiro atoms. The molecular weight excluding hydrogens is 284 g/mol. The van der Waals surface area contributed by atoms with Crippen LogP contribution in [0.4, 0.5) is 5.69 Å². The third kappa shape index (κ3) is 4.49. The van der Waals surface area contributed by atoms with Crippen molar-refractivity contribution >= 4 is 22.9 Å². The number of carbonyl (C=O) groups is 1. The summed E-state index contributed by atoms with van der Waals surface area (Å²) in [6.07, 6.45) is 1.07. The molecular formula is C16H20N2O2S. The van der Waals surface area contributed by atoms with Crippen LogP contribution in [-0.4, -0.2) is 12.5 Å². The number of primary amides is 1. The highest BCUT2D eigenvalue weighted by Gasteiger charge is 2.08. The minimum Gasteiger partial charge on any atom is -0.484 e. The largest absolute Gasteiger partial charge is 0.484 e. The molecule has 1 atom stereocenters. The number of carbonyl (C=O) groups excluding carboxylic acids is 1. The number of amides is 1. The van der Waals surface area contributed by atoms with Crippen LogP contribution < -0.4 is 15.8 Å². The van der Waals surface area contributed by atoms with E-state index in [0.29, 0.717) is 5.75 Å². The molecule has 0 saturated heterocycles. The van der Waals surface area contributed by atoms with Crippen LogP contribution in [0.5, 0.6) is 5.75 Å². The SMILES string of the molecule is CCc1ccc(C(C)Nc2ccc(OCC(N)=O)cc2)s1. The van der Waals surface area contributed by atoms with Gasteiger partial charge < -0.3 is 15.8 Å². The second kappa shape index (κ2) is 7.13. The molecule has 0 aliphatic carbocycles. The first kappa shape index (κ1) is 15.4. The van der Waals surface area contributed by atoms with Crippen LogP contribution in [0.1, 0.15) is 29.6 Å². The monoisotopic (exact) mass is 304 g/mol. The molecule has 2 aromatic rings. The molecule has 1 aromatic carbocycles. The van der Waals surface area contributed by atoms with Crippen molar-refractivity contribution in [2.75, 3.05) is 11.9 Å². The topological polar surface area (TPSA) is 64.3 Å². The fourth-order valence-electron chi connectivity index (χ4n) is 1.94. The third-order valence-electron chi connectivity index (χ3n) is 3.08. The lowest BCUT2D eigenvalue weighted by molar-refractivity contribution is -0.119. The number of hydrogen-bond acceptors (Lipinski definition) is 4. The number of nitrogens with two attached hydrogens (primary N) is 1. The summed E-state index contributed by atoms with van der Waals surface area (Å²) in [7, 11) is 0. The molecule has 21 heavy (non-hydrogen) atoms. The minimum absolute atomic E-state index is 0.0990. The molecule has 2 rings (SSSR count). The van der Waals surface area contributed by atoms with Crippen molar-refractivity contribution in [1.29, 1.82) is 0 Å². The Labute approximate surface area is 128 Å². The first-order chi connectivity index (χ1) is 10.1. The lowest BCUT2D eigenvalue weighted by Crippen LogP contribution is -2.19. The predicted molar refractivity (Wildman–Crippen MR) is 86.9 cm³/mol. The van der Waals surface area contributed by atoms with Gasteiger partial charge in [0.1, 0.15) is 5.75 Å². The van der Waals surface area contributed by atoms with Crippen LogP contribution in [0, 0.1) is 0 Å². The van der Waals surface area contributed by atoms with Gasteiger partial charge in [-0.2, -0.15) is 0 Å². The molecule has 112 valence electrons. The van der Waals surface area contributed by atoms with Gasteiger partial charge in [-0.3, -0.25) is 4.79 Å². The zero-order valence-corrected chi connectivity index (χ0v) is 13.1. The fourth-order valence-corrected chi connectivity index (χ4v) is 2.90. The summed E-state index contributed by atoms with van der Waals surface area (Å²) < 4.78 is 5.23. The molecule has 0 aliphatic rings. The molecule has 4 nitrogen and oxygen atoms in total. The number of benzene rings is 1. The standard InChI is InChI=1S/C16H20N2O2S/c1-3-14-8-9-15(21-14)11(2)18-12-4-6-13(7-5-12)20-10-16(17)19/h4-9,11,18H,3,10H2,1-2H3,(H2,17,19). The Bertz CT molecular complexity index is 593. The second-order valence-corrected chi connectivity index (χ2v) is 6.00. The average molecular weight is 304 g/mol. The van der Waals surface area contributed by atoms with E-state index in [9.17, 15) is 4.79 Å². The number of ether oxygens (including phenoxy) is 1. The van der Waals surface area contributed by atoms with E-state index in [0.717, 1.165) is 12.1 Å². The number of thiophene rings is 1. The van der Waals surface area contributed by atoms with Crippen LogP contribution in [-0.2, 0) is 11.2 Å². The molecule has 1 heterocycles. The summed E-state index contributed by atoms with van der Waals surface area (Å²) in [6, 6.07) is 12.1. The Kier molecular flexibility index (Phi) is 5.22. The molecule has 1 unspecified atom stereocenters. The molecule has 3 N–H and O–H groups in total. The van der Waals surface area contributed by atoms with Gasteiger partial charge in [0.2, 0.25) is 0 Å². The highest BCUT2D eigenvalue weighted by Crippen LogP contribution is 2.27. The number of nitrogens with one attached hydrogen (secondary N) is 1. The number of rotatable bonds is 7. The van der Waals surface area contributed by atoms with E-state index in [1.54, 1.807) is 0 Å². The van der Waals surface area contributed by atoms with Crippen LogP contribution in [0.25, 0.3) is 0 Å². The predicted octanol–water partition coefficient (Wildman–Crippen LogP) is 3.35. The van der Waals surface area contributed by atoms with Crippen molar-refractivity contribution in [3.05, 3.63) is 46.2 Å². The van der Waals surface area contributed by atoms with Gasteiger partial charge in [0.25, 0.3) is 5.91 Å². The highest BCUT2D eigenvalue weighted by molar-refractivity contribution is 7.12. The van der Waals surface area contributed by atoms with E-state index in [1.165, 1.54) is 9.75 Å². The summed E-state index contributed by atoms with van der Waals surface area (Å²) in [5.74, 6) is 0.159. The van der Waals surface area contributed by atoms with Crippen molar-refractivity contribution < 1.29 is 9.53 Å². The Balaban J connectivity index is 1.94. The summed E-state index contributed by atoms with van der Waals surface area (Å²) in [5, 5.41) is 3.45. The quantitative estimate of drug-likeness (QED) is 0.824. The Hall–Kier alpha value is -2.01. The minimum atomic E-state index is -0.477. The number of anilines is 1. The lowest BCUT2D eigenvalue weighted by atomic mass is 10.2. The van der Waals surface area contributed by atoms with E-state index in [1.807, 2.05) is 35.6 Å². The highest BCUT2D eigenvalue weighted by atomic mass is 32.1. The summed E-state index contributed by atoms with van der Waals surface area (Å²) in [6.45, 7) is 4.21. The van der Waals surface area contributed by atoms with Crippen molar-refractivity contribution in [1.82, 2.24) is 0 Å². The maximum atomic E-state index is 10.7. The number of hydrogen-bond donors (Lipinski definition) is 2. The molecule has 0 bridgehead atoms. The van der Waals surface area contributed by atoms with E-state index >= 15 is 0 Å². The van der Waals surface area contributed by atoms with Crippen molar-refractivity contribution in [3.8, 4) is 5.75 Å². The Morgan fingerprint density at radius 1 is 1.29 bits per heavy atom. The normalized spacial score (nSPS) is 11.9. The molecule has 1 aromatic heterocycles. The first-order valence-electron chi connectivity index (χ1n) is 6.94. The van der Waals surface area contributed by atoms with Crippen LogP contribution >= 0.6 is 11.3 Å². The Morgan fingerprint density at radius 2 is 2.00 bits per heavy atom. The van der Waals surface area contributed by atoms with Gasteiger partial charge in [-0.05, 0) is 49.7 Å². The first-order valence-corrected chi connectivity index (χ1v) is 7.76. The van der Waals surface area contributed by atoms with E-state index < -0.39 is 5.91 Å². The van der Waals surface area contributed by atoms with E-state index in [2.05, 4.69) is 31.3 Å². The lowest BCUT2D eigenvalue weighted by Gasteiger charge is -2.14. The van der Waals surface area contributed by atoms with Gasteiger partial charge in [-0.25, -0.2) is 0 Å². The van der Waals surface area contributed by atoms with Gasteiger partial charge in [-0.15, -0.1) is 11.3 Å². The van der Waals surface area contributed by atoms with Gasteiger partial charge >= 0.3 is 0 Å². The van der Waals surface area contributed by atoms with Crippen LogP contribution in [0.2, 0.25) is 0 Å². The molecule has 5 heteroatoms. The van der Waals surface area contributed by atoms with Gasteiger partial charge in [0.15, 0.2) is 6.61 Å². The molecule has 0 aliphatic heterocycles.